The van der Waals surface area contributed by atoms with Crippen LogP contribution in [0.15, 0.2) is 18.2 Å². The molecule has 0 aromatic heterocycles. The molecular weight excluding hydrogens is 238 g/mol. The Hall–Kier alpha value is -1.27. The number of anilines is 2. The number of hydrogen-bond donors (Lipinski definition) is 1. The molecule has 2 N–H and O–H groups in total. The van der Waals surface area contributed by atoms with Crippen molar-refractivity contribution in [2.24, 2.45) is 0 Å². The monoisotopic (exact) mass is 255 g/mol. The van der Waals surface area contributed by atoms with Crippen molar-refractivity contribution in [3.8, 4) is 0 Å². The number of aryl methyl sites for hydroxylation is 1. The zero-order valence-electron chi connectivity index (χ0n) is 10.0. The quantitative estimate of drug-likeness (QED) is 0.796. The van der Waals surface area contributed by atoms with Gasteiger partial charge in [-0.1, -0.05) is 6.07 Å². The van der Waals surface area contributed by atoms with Crippen LogP contribution in [-0.4, -0.2) is 33.4 Å². The Morgan fingerprint density at radius 3 is 2.71 bits per heavy atom. The molecule has 1 aliphatic rings. The maximum Gasteiger partial charge on any atom is 0.303 e. The van der Waals surface area contributed by atoms with Crippen LogP contribution >= 0.6 is 0 Å². The normalized spacial score (nSPS) is 16.1. The number of benzene rings is 1. The summed E-state index contributed by atoms with van der Waals surface area (Å²) in [6.45, 7) is 0.511. The van der Waals surface area contributed by atoms with Gasteiger partial charge >= 0.3 is 10.2 Å². The summed E-state index contributed by atoms with van der Waals surface area (Å²) >= 11 is 0. The van der Waals surface area contributed by atoms with Gasteiger partial charge in [0.2, 0.25) is 0 Å². The second-order valence-corrected chi connectivity index (χ2v) is 6.42. The Bertz CT molecular complexity index is 526. The third kappa shape index (κ3) is 2.10. The number of nitrogens with two attached hydrogens (primary N) is 1. The molecule has 0 unspecified atom stereocenters. The summed E-state index contributed by atoms with van der Waals surface area (Å²) in [7, 11) is -0.344. The van der Waals surface area contributed by atoms with Crippen molar-refractivity contribution < 1.29 is 8.42 Å². The van der Waals surface area contributed by atoms with Crippen molar-refractivity contribution in [3.63, 3.8) is 0 Å². The van der Waals surface area contributed by atoms with E-state index < -0.39 is 10.2 Å². The molecule has 0 saturated carbocycles. The molecule has 5 nitrogen and oxygen atoms in total. The minimum atomic E-state index is -3.42. The number of hydrogen-bond acceptors (Lipinski definition) is 3. The van der Waals surface area contributed by atoms with Crippen LogP contribution in [0, 0.1) is 0 Å². The molecule has 2 rings (SSSR count). The number of rotatable bonds is 2. The predicted octanol–water partition coefficient (Wildman–Crippen LogP) is 0.828. The highest BCUT2D eigenvalue weighted by atomic mass is 32.2. The summed E-state index contributed by atoms with van der Waals surface area (Å²) in [6.07, 6.45) is 1.74. The third-order valence-corrected chi connectivity index (χ3v) is 4.78. The molecule has 6 heteroatoms. The van der Waals surface area contributed by atoms with Gasteiger partial charge < -0.3 is 5.73 Å². The van der Waals surface area contributed by atoms with E-state index in [-0.39, 0.29) is 0 Å². The minimum absolute atomic E-state index is 0.511. The number of nitrogens with zero attached hydrogens (tertiary/aromatic N) is 2. The fourth-order valence-corrected chi connectivity index (χ4v) is 3.17. The van der Waals surface area contributed by atoms with Gasteiger partial charge in [-0.2, -0.15) is 12.7 Å². The summed E-state index contributed by atoms with van der Waals surface area (Å²) in [5, 5.41) is 0. The van der Waals surface area contributed by atoms with Crippen LogP contribution < -0.4 is 10.0 Å². The molecule has 0 saturated heterocycles. The van der Waals surface area contributed by atoms with E-state index in [1.54, 1.807) is 6.07 Å². The lowest BCUT2D eigenvalue weighted by Crippen LogP contribution is -2.42. The molecular formula is C11H17N3O2S. The Kier molecular flexibility index (Phi) is 3.01. The smallest absolute Gasteiger partial charge is 0.303 e. The van der Waals surface area contributed by atoms with E-state index >= 15 is 0 Å². The van der Waals surface area contributed by atoms with Gasteiger partial charge in [0.1, 0.15) is 0 Å². The predicted molar refractivity (Wildman–Crippen MR) is 69.1 cm³/mol. The summed E-state index contributed by atoms with van der Waals surface area (Å²) in [6, 6.07) is 5.45. The average Bonchev–Trinajstić information content (AvgIpc) is 2.27. The topological polar surface area (TPSA) is 66.6 Å². The van der Waals surface area contributed by atoms with E-state index in [9.17, 15) is 8.42 Å². The van der Waals surface area contributed by atoms with E-state index in [1.807, 2.05) is 12.1 Å². The van der Waals surface area contributed by atoms with Crippen LogP contribution in [0.5, 0.6) is 0 Å². The molecule has 0 radical (unpaired) electrons. The van der Waals surface area contributed by atoms with Gasteiger partial charge in [0, 0.05) is 26.3 Å². The SMILES string of the molecule is CN(C)S(=O)(=O)N1CCCc2ccc(N)cc21. The first-order valence-electron chi connectivity index (χ1n) is 5.51. The molecule has 0 bridgehead atoms. The maximum atomic E-state index is 12.2. The van der Waals surface area contributed by atoms with E-state index in [0.717, 1.165) is 18.4 Å². The number of fused-ring (bicyclic) bond motifs is 1. The van der Waals surface area contributed by atoms with Gasteiger partial charge in [-0.25, -0.2) is 0 Å². The molecule has 17 heavy (non-hydrogen) atoms. The third-order valence-electron chi connectivity index (χ3n) is 2.93. The fourth-order valence-electron chi connectivity index (χ4n) is 1.99. The van der Waals surface area contributed by atoms with Gasteiger partial charge in [0.05, 0.1) is 5.69 Å². The van der Waals surface area contributed by atoms with Gasteiger partial charge in [-0.3, -0.25) is 4.31 Å². The highest BCUT2D eigenvalue weighted by Gasteiger charge is 2.29. The van der Waals surface area contributed by atoms with Gasteiger partial charge in [-0.05, 0) is 30.5 Å². The molecule has 94 valence electrons. The van der Waals surface area contributed by atoms with E-state index in [1.165, 1.54) is 22.7 Å². The minimum Gasteiger partial charge on any atom is -0.399 e. The Morgan fingerprint density at radius 2 is 2.06 bits per heavy atom. The lowest BCUT2D eigenvalue weighted by Gasteiger charge is -2.32. The fraction of sp³-hybridized carbons (Fsp3) is 0.455. The molecule has 0 amide bonds. The van der Waals surface area contributed by atoms with Gasteiger partial charge in [0.15, 0.2) is 0 Å². The van der Waals surface area contributed by atoms with Crippen LogP contribution in [-0.2, 0) is 16.6 Å². The summed E-state index contributed by atoms with van der Waals surface area (Å²) in [5.74, 6) is 0. The summed E-state index contributed by atoms with van der Waals surface area (Å²) in [5.41, 5.74) is 8.07. The molecule has 0 aliphatic carbocycles. The molecule has 1 aromatic rings. The first kappa shape index (κ1) is 12.2. The van der Waals surface area contributed by atoms with E-state index in [0.29, 0.717) is 17.9 Å². The van der Waals surface area contributed by atoms with Crippen LogP contribution in [0.25, 0.3) is 0 Å². The Balaban J connectivity index is 2.52. The molecule has 0 fully saturated rings. The summed E-state index contributed by atoms with van der Waals surface area (Å²) < 4.78 is 27.0. The molecule has 1 heterocycles. The van der Waals surface area contributed by atoms with Crippen LogP contribution in [0.3, 0.4) is 0 Å². The average molecular weight is 255 g/mol. The van der Waals surface area contributed by atoms with Crippen molar-refractivity contribution in [2.75, 3.05) is 30.7 Å². The van der Waals surface area contributed by atoms with E-state index in [2.05, 4.69) is 0 Å². The summed E-state index contributed by atoms with van der Waals surface area (Å²) in [4.78, 5) is 0. The molecule has 1 aromatic carbocycles. The molecule has 0 atom stereocenters. The second kappa shape index (κ2) is 4.19. The van der Waals surface area contributed by atoms with Crippen molar-refractivity contribution in [1.82, 2.24) is 4.31 Å². The first-order valence-corrected chi connectivity index (χ1v) is 6.91. The van der Waals surface area contributed by atoms with Crippen molar-refractivity contribution in [1.29, 1.82) is 0 Å². The lowest BCUT2D eigenvalue weighted by atomic mass is 10.0. The van der Waals surface area contributed by atoms with Crippen LogP contribution in [0.2, 0.25) is 0 Å². The molecule has 1 aliphatic heterocycles. The maximum absolute atomic E-state index is 12.2. The standard InChI is InChI=1S/C11H17N3O2S/c1-13(2)17(15,16)14-7-3-4-9-5-6-10(12)8-11(9)14/h5-6,8H,3-4,7,12H2,1-2H3. The Labute approximate surface area is 102 Å². The van der Waals surface area contributed by atoms with Crippen LogP contribution in [0.4, 0.5) is 11.4 Å². The molecule has 0 spiro atoms. The van der Waals surface area contributed by atoms with Crippen LogP contribution in [0.1, 0.15) is 12.0 Å². The Morgan fingerprint density at radius 1 is 1.35 bits per heavy atom. The number of nitrogen functional groups attached to an aromatic ring is 1. The van der Waals surface area contributed by atoms with Crippen molar-refractivity contribution in [2.45, 2.75) is 12.8 Å². The van der Waals surface area contributed by atoms with Gasteiger partial charge in [-0.15, -0.1) is 0 Å². The highest BCUT2D eigenvalue weighted by Crippen LogP contribution is 2.31. The largest absolute Gasteiger partial charge is 0.399 e. The van der Waals surface area contributed by atoms with E-state index in [4.69, 9.17) is 5.73 Å². The van der Waals surface area contributed by atoms with Gasteiger partial charge in [0.25, 0.3) is 0 Å². The highest BCUT2D eigenvalue weighted by molar-refractivity contribution is 7.90. The lowest BCUT2D eigenvalue weighted by molar-refractivity contribution is 0.512. The zero-order chi connectivity index (χ0) is 12.6. The van der Waals surface area contributed by atoms with Crippen molar-refractivity contribution in [3.05, 3.63) is 23.8 Å². The first-order chi connectivity index (χ1) is 7.93. The zero-order valence-corrected chi connectivity index (χ0v) is 10.9. The van der Waals surface area contributed by atoms with Crippen molar-refractivity contribution >= 4 is 21.6 Å². The second-order valence-electron chi connectivity index (χ2n) is 4.35.